The van der Waals surface area contributed by atoms with E-state index in [0.717, 1.165) is 6.42 Å². The van der Waals surface area contributed by atoms with Crippen molar-refractivity contribution in [3.8, 4) is 0 Å². The van der Waals surface area contributed by atoms with Gasteiger partial charge in [0.2, 0.25) is 5.91 Å². The van der Waals surface area contributed by atoms with Gasteiger partial charge in [0.05, 0.1) is 13.2 Å². The molecule has 0 rings (SSSR count). The molecule has 18 heavy (non-hydrogen) atoms. The van der Waals surface area contributed by atoms with E-state index >= 15 is 0 Å². The van der Waals surface area contributed by atoms with Gasteiger partial charge in [-0.3, -0.25) is 4.79 Å². The smallest absolute Gasteiger partial charge is 0.328 e. The van der Waals surface area contributed by atoms with Gasteiger partial charge < -0.3 is 25.8 Å². The number of hydrogen-bond acceptors (Lipinski definition) is 4. The lowest BCUT2D eigenvalue weighted by molar-refractivity contribution is -0.140. The zero-order chi connectivity index (χ0) is 14.0. The Balaban J connectivity index is 3.94. The van der Waals surface area contributed by atoms with Crippen molar-refractivity contribution < 1.29 is 24.2 Å². The van der Waals surface area contributed by atoms with Gasteiger partial charge in [-0.2, -0.15) is 0 Å². The van der Waals surface area contributed by atoms with E-state index in [-0.39, 0.29) is 19.1 Å². The van der Waals surface area contributed by atoms with E-state index in [2.05, 4.69) is 20.7 Å². The molecule has 0 fully saturated rings. The molecule has 1 atom stereocenters. The fourth-order valence-corrected chi connectivity index (χ4v) is 1.04. The maximum Gasteiger partial charge on any atom is 0.328 e. The van der Waals surface area contributed by atoms with Crippen molar-refractivity contribution >= 4 is 17.9 Å². The van der Waals surface area contributed by atoms with Crippen LogP contribution in [0.2, 0.25) is 0 Å². The molecule has 0 aliphatic heterocycles. The summed E-state index contributed by atoms with van der Waals surface area (Å²) in [5, 5.41) is 15.7. The second kappa shape index (κ2) is 9.23. The summed E-state index contributed by atoms with van der Waals surface area (Å²) in [7, 11) is 1.33. The van der Waals surface area contributed by atoms with E-state index in [1.807, 2.05) is 6.92 Å². The Morgan fingerprint density at radius 2 is 1.94 bits per heavy atom. The third kappa shape index (κ3) is 7.44. The fraction of sp³-hybridized carbons (Fsp3) is 0.700. The molecule has 0 aromatic heterocycles. The van der Waals surface area contributed by atoms with Crippen molar-refractivity contribution in [1.82, 2.24) is 16.0 Å². The van der Waals surface area contributed by atoms with Gasteiger partial charge in [0.15, 0.2) is 6.04 Å². The number of hydrogen-bond donors (Lipinski definition) is 4. The van der Waals surface area contributed by atoms with Crippen molar-refractivity contribution in [2.75, 3.05) is 26.8 Å². The number of urea groups is 1. The van der Waals surface area contributed by atoms with Gasteiger partial charge >= 0.3 is 12.0 Å². The molecule has 0 saturated carbocycles. The lowest BCUT2D eigenvalue weighted by Crippen LogP contribution is -2.50. The number of ether oxygens (including phenoxy) is 1. The van der Waals surface area contributed by atoms with Crippen LogP contribution in [-0.4, -0.2) is 55.9 Å². The van der Waals surface area contributed by atoms with Gasteiger partial charge in [-0.15, -0.1) is 0 Å². The highest BCUT2D eigenvalue weighted by Gasteiger charge is 2.19. The van der Waals surface area contributed by atoms with Crippen molar-refractivity contribution in [1.29, 1.82) is 0 Å². The Kier molecular flexibility index (Phi) is 8.29. The van der Waals surface area contributed by atoms with Gasteiger partial charge in [0.25, 0.3) is 0 Å². The zero-order valence-electron chi connectivity index (χ0n) is 10.5. The highest BCUT2D eigenvalue weighted by molar-refractivity contribution is 5.86. The molecule has 0 aromatic carbocycles. The number of carbonyl (C=O) groups excluding carboxylic acids is 2. The van der Waals surface area contributed by atoms with Gasteiger partial charge in [0, 0.05) is 13.7 Å². The summed E-state index contributed by atoms with van der Waals surface area (Å²) in [6.07, 6.45) is 0.798. The van der Waals surface area contributed by atoms with Gasteiger partial charge in [0.1, 0.15) is 0 Å². The number of aliphatic carboxylic acids is 1. The summed E-state index contributed by atoms with van der Waals surface area (Å²) in [5.74, 6) is -1.53. The van der Waals surface area contributed by atoms with Crippen LogP contribution in [0, 0.1) is 0 Å². The number of methoxy groups -OCH3 is 1. The van der Waals surface area contributed by atoms with Gasteiger partial charge in [-0.1, -0.05) is 6.92 Å². The quantitative estimate of drug-likeness (QED) is 0.443. The lowest BCUT2D eigenvalue weighted by atomic mass is 10.3. The number of rotatable bonds is 8. The first-order valence-corrected chi connectivity index (χ1v) is 5.54. The minimum atomic E-state index is -1.21. The largest absolute Gasteiger partial charge is 0.480 e. The molecule has 4 N–H and O–H groups in total. The third-order valence-corrected chi connectivity index (χ3v) is 1.92. The summed E-state index contributed by atoms with van der Waals surface area (Å²) >= 11 is 0. The Labute approximate surface area is 105 Å². The summed E-state index contributed by atoms with van der Waals surface area (Å²) in [5.41, 5.74) is 0. The average molecular weight is 261 g/mol. The van der Waals surface area contributed by atoms with E-state index in [0.29, 0.717) is 6.54 Å². The molecule has 0 aliphatic rings. The van der Waals surface area contributed by atoms with Crippen molar-refractivity contribution in [2.24, 2.45) is 0 Å². The summed E-state index contributed by atoms with van der Waals surface area (Å²) < 4.78 is 4.64. The fourth-order valence-electron chi connectivity index (χ4n) is 1.04. The summed E-state index contributed by atoms with van der Waals surface area (Å²) in [4.78, 5) is 33.1. The average Bonchev–Trinajstić information content (AvgIpc) is 2.33. The highest BCUT2D eigenvalue weighted by Crippen LogP contribution is 1.85. The van der Waals surface area contributed by atoms with E-state index < -0.39 is 18.0 Å². The van der Waals surface area contributed by atoms with Crippen LogP contribution < -0.4 is 16.0 Å². The number of amides is 3. The topological polar surface area (TPSA) is 117 Å². The number of nitrogens with one attached hydrogen (secondary N) is 3. The Bertz CT molecular complexity index is 295. The Hall–Kier alpha value is -1.83. The van der Waals surface area contributed by atoms with Crippen molar-refractivity contribution in [2.45, 2.75) is 19.4 Å². The molecule has 0 spiro atoms. The van der Waals surface area contributed by atoms with Crippen LogP contribution >= 0.6 is 0 Å². The maximum atomic E-state index is 11.3. The standard InChI is InChI=1S/C10H19N3O5/c1-3-4-11-8(14)5-12-10(17)13-7(6-18-2)9(15)16/h7H,3-6H2,1-2H3,(H,11,14)(H,15,16)(H2,12,13,17). The zero-order valence-corrected chi connectivity index (χ0v) is 10.5. The van der Waals surface area contributed by atoms with Crippen molar-refractivity contribution in [3.63, 3.8) is 0 Å². The SMILES string of the molecule is CCCNC(=O)CNC(=O)NC(COC)C(=O)O. The summed E-state index contributed by atoms with van der Waals surface area (Å²) in [6, 6.07) is -1.88. The number of carbonyl (C=O) groups is 3. The van der Waals surface area contributed by atoms with Crippen LogP contribution in [0.1, 0.15) is 13.3 Å². The second-order valence-corrected chi connectivity index (χ2v) is 3.52. The molecular formula is C10H19N3O5. The summed E-state index contributed by atoms with van der Waals surface area (Å²) in [6.45, 7) is 2.09. The minimum absolute atomic E-state index is 0.148. The number of carboxylic acids is 1. The van der Waals surface area contributed by atoms with Crippen LogP contribution in [-0.2, 0) is 14.3 Å². The van der Waals surface area contributed by atoms with Gasteiger partial charge in [-0.05, 0) is 6.42 Å². The molecule has 0 saturated heterocycles. The Morgan fingerprint density at radius 1 is 1.28 bits per heavy atom. The molecule has 3 amide bonds. The van der Waals surface area contributed by atoms with Crippen LogP contribution in [0.15, 0.2) is 0 Å². The lowest BCUT2D eigenvalue weighted by Gasteiger charge is -2.14. The number of carboxylic acid groups (broad SMARTS) is 1. The normalized spacial score (nSPS) is 11.4. The monoisotopic (exact) mass is 261 g/mol. The molecule has 0 bridgehead atoms. The van der Waals surface area contributed by atoms with Crippen LogP contribution in [0.4, 0.5) is 4.79 Å². The van der Waals surface area contributed by atoms with Gasteiger partial charge in [-0.25, -0.2) is 9.59 Å². The maximum absolute atomic E-state index is 11.3. The van der Waals surface area contributed by atoms with E-state index in [4.69, 9.17) is 5.11 Å². The van der Waals surface area contributed by atoms with Crippen molar-refractivity contribution in [3.05, 3.63) is 0 Å². The molecule has 0 aliphatic carbocycles. The molecule has 0 radical (unpaired) electrons. The highest BCUT2D eigenvalue weighted by atomic mass is 16.5. The third-order valence-electron chi connectivity index (χ3n) is 1.92. The second-order valence-electron chi connectivity index (χ2n) is 3.52. The first kappa shape index (κ1) is 16.2. The van der Waals surface area contributed by atoms with Crippen LogP contribution in [0.25, 0.3) is 0 Å². The molecule has 8 heteroatoms. The first-order chi connectivity index (χ1) is 8.51. The van der Waals surface area contributed by atoms with E-state index in [9.17, 15) is 14.4 Å². The van der Waals surface area contributed by atoms with E-state index in [1.165, 1.54) is 7.11 Å². The predicted octanol–water partition coefficient (Wildman–Crippen LogP) is -1.09. The van der Waals surface area contributed by atoms with E-state index in [1.54, 1.807) is 0 Å². The molecule has 104 valence electrons. The molecule has 1 unspecified atom stereocenters. The molecule has 8 nitrogen and oxygen atoms in total. The van der Waals surface area contributed by atoms with Crippen LogP contribution in [0.3, 0.4) is 0 Å². The van der Waals surface area contributed by atoms with Crippen LogP contribution in [0.5, 0.6) is 0 Å². The Morgan fingerprint density at radius 3 is 2.44 bits per heavy atom. The first-order valence-electron chi connectivity index (χ1n) is 5.54. The molecular weight excluding hydrogens is 242 g/mol. The minimum Gasteiger partial charge on any atom is -0.480 e. The molecule has 0 heterocycles. The predicted molar refractivity (Wildman–Crippen MR) is 63.1 cm³/mol. The molecule has 0 aromatic rings.